The minimum atomic E-state index is -0.235. The van der Waals surface area contributed by atoms with E-state index in [-0.39, 0.29) is 18.6 Å². The minimum Gasteiger partial charge on any atom is -0.444 e. The highest BCUT2D eigenvalue weighted by Gasteiger charge is 2.10. The van der Waals surface area contributed by atoms with Crippen LogP contribution in [0, 0.1) is 5.92 Å². The molecule has 0 aromatic rings. The van der Waals surface area contributed by atoms with E-state index in [1.807, 2.05) is 0 Å². The van der Waals surface area contributed by atoms with Gasteiger partial charge in [-0.3, -0.25) is 4.79 Å². The van der Waals surface area contributed by atoms with Crippen molar-refractivity contribution < 1.29 is 9.53 Å². The van der Waals surface area contributed by atoms with Crippen molar-refractivity contribution in [2.75, 3.05) is 0 Å². The lowest BCUT2D eigenvalue weighted by Gasteiger charge is -2.09. The third-order valence-electron chi connectivity index (χ3n) is 2.05. The van der Waals surface area contributed by atoms with Crippen LogP contribution in [0.3, 0.4) is 0 Å². The van der Waals surface area contributed by atoms with Crippen LogP contribution in [0.2, 0.25) is 0 Å². The Kier molecular flexibility index (Phi) is 2.80. The van der Waals surface area contributed by atoms with Crippen LogP contribution >= 0.6 is 0 Å². The molecule has 0 radical (unpaired) electrons. The number of hydrogen-bond donors (Lipinski definition) is 0. The summed E-state index contributed by atoms with van der Waals surface area (Å²) in [5, 5.41) is 0. The van der Waals surface area contributed by atoms with Crippen molar-refractivity contribution in [1.29, 1.82) is 0 Å². The molecule has 0 amide bonds. The summed E-state index contributed by atoms with van der Waals surface area (Å²) in [5.41, 5.74) is 0.683. The van der Waals surface area contributed by atoms with Crippen LogP contribution in [0.15, 0.2) is 18.9 Å². The molecule has 0 fully saturated rings. The maximum absolute atomic E-state index is 11.2. The van der Waals surface area contributed by atoms with Gasteiger partial charge >= 0.3 is 5.97 Å². The lowest BCUT2D eigenvalue weighted by atomic mass is 10.2. The second-order valence-electron chi connectivity index (χ2n) is 3.72. The predicted molar refractivity (Wildman–Crippen MR) is 55.4 cm³/mol. The van der Waals surface area contributed by atoms with E-state index in [1.54, 1.807) is 30.9 Å². The van der Waals surface area contributed by atoms with Gasteiger partial charge in [0.1, 0.15) is 12.0 Å². The quantitative estimate of drug-likeness (QED) is 0.720. The molecule has 6 nitrogen and oxygen atoms in total. The Labute approximate surface area is 92.6 Å². The van der Waals surface area contributed by atoms with Crippen LogP contribution in [-0.2, 0) is 16.3 Å². The van der Waals surface area contributed by atoms with Crippen LogP contribution in [-0.4, -0.2) is 25.5 Å². The molecular formula is C10H12N4O2. The first-order valence-electron chi connectivity index (χ1n) is 4.96. The summed E-state index contributed by atoms with van der Waals surface area (Å²) >= 11 is 0. The van der Waals surface area contributed by atoms with Crippen LogP contribution < -0.4 is 0 Å². The first-order chi connectivity index (χ1) is 7.66. The summed E-state index contributed by atoms with van der Waals surface area (Å²) in [6, 6.07) is 0. The number of rotatable bonds is 3. The molecule has 0 aromatic carbocycles. The van der Waals surface area contributed by atoms with Gasteiger partial charge in [-0.15, -0.1) is 0 Å². The highest BCUT2D eigenvalue weighted by molar-refractivity contribution is 5.71. The lowest BCUT2D eigenvalue weighted by Crippen LogP contribution is -2.15. The largest absolute Gasteiger partial charge is 0.444 e. The van der Waals surface area contributed by atoms with Gasteiger partial charge in [0.05, 0.1) is 12.2 Å². The first-order valence-corrected chi connectivity index (χ1v) is 4.96. The van der Waals surface area contributed by atoms with Crippen LogP contribution in [0.25, 0.3) is 11.5 Å². The van der Waals surface area contributed by atoms with E-state index >= 15 is 0 Å². The molecule has 0 spiro atoms. The number of aromatic nitrogens is 4. The number of fused-ring (bicyclic) bond motifs is 1. The topological polar surface area (TPSA) is 69.9 Å². The number of carbonyl (C=O) groups is 1. The monoisotopic (exact) mass is 220 g/mol. The molecule has 16 heavy (non-hydrogen) atoms. The molecule has 84 valence electrons. The normalized spacial score (nSPS) is 10.9. The summed E-state index contributed by atoms with van der Waals surface area (Å²) in [6.45, 7) is 3.72. The molecule has 0 aliphatic carbocycles. The van der Waals surface area contributed by atoms with Gasteiger partial charge in [-0.1, -0.05) is 13.8 Å². The fraction of sp³-hybridized carbons (Fsp3) is 0.400. The number of ether oxygens (including phenoxy) is 1. The van der Waals surface area contributed by atoms with Gasteiger partial charge in [0.25, 0.3) is 0 Å². The molecule has 0 unspecified atom stereocenters. The molecule has 2 aliphatic rings. The second kappa shape index (κ2) is 4.26. The van der Waals surface area contributed by atoms with Gasteiger partial charge in [-0.05, 0) is 0 Å². The zero-order valence-electron chi connectivity index (χ0n) is 9.12. The van der Waals surface area contributed by atoms with Crippen LogP contribution in [0.4, 0.5) is 0 Å². The van der Waals surface area contributed by atoms with Gasteiger partial charge < -0.3 is 9.30 Å². The standard InChI is InChI=1S/C10H12N4O2/c1-7(2)10(15)16-6-14-3-8-9(13-5-14)12-4-11-8/h3-5,7H,6H2,1-2H3. The molecular weight excluding hydrogens is 208 g/mol. The van der Waals surface area contributed by atoms with Gasteiger partial charge in [0.15, 0.2) is 12.6 Å². The number of imidazole rings is 1. The molecule has 0 atom stereocenters. The van der Waals surface area contributed by atoms with Gasteiger partial charge in [0, 0.05) is 6.20 Å². The Balaban J connectivity index is 2.05. The fourth-order valence-corrected chi connectivity index (χ4v) is 1.15. The van der Waals surface area contributed by atoms with E-state index in [9.17, 15) is 4.79 Å². The van der Waals surface area contributed by atoms with E-state index in [4.69, 9.17) is 4.74 Å². The van der Waals surface area contributed by atoms with E-state index in [2.05, 4.69) is 15.0 Å². The van der Waals surface area contributed by atoms with E-state index in [0.717, 1.165) is 0 Å². The Morgan fingerprint density at radius 3 is 3.00 bits per heavy atom. The zero-order chi connectivity index (χ0) is 11.5. The first kappa shape index (κ1) is 10.5. The second-order valence-corrected chi connectivity index (χ2v) is 3.72. The summed E-state index contributed by atoms with van der Waals surface area (Å²) in [6.07, 6.45) is 4.75. The molecule has 0 saturated heterocycles. The Morgan fingerprint density at radius 1 is 1.44 bits per heavy atom. The van der Waals surface area contributed by atoms with Crippen molar-refractivity contribution in [2.45, 2.75) is 20.6 Å². The van der Waals surface area contributed by atoms with Crippen molar-refractivity contribution in [3.05, 3.63) is 18.9 Å². The smallest absolute Gasteiger partial charge is 0.310 e. The summed E-state index contributed by atoms with van der Waals surface area (Å²) < 4.78 is 6.70. The molecule has 6 heteroatoms. The maximum Gasteiger partial charge on any atom is 0.310 e. The molecule has 0 N–H and O–H groups in total. The Hall–Kier alpha value is -1.98. The van der Waals surface area contributed by atoms with E-state index < -0.39 is 0 Å². The molecule has 2 rings (SSSR count). The van der Waals surface area contributed by atoms with Crippen molar-refractivity contribution >= 4 is 5.97 Å². The van der Waals surface area contributed by atoms with Crippen LogP contribution in [0.1, 0.15) is 13.8 Å². The number of carbonyl (C=O) groups excluding carboxylic acids is 1. The van der Waals surface area contributed by atoms with Crippen molar-refractivity contribution in [3.8, 4) is 11.5 Å². The molecule has 2 aliphatic heterocycles. The molecule has 0 saturated carbocycles. The van der Waals surface area contributed by atoms with Gasteiger partial charge in [0.2, 0.25) is 0 Å². The average Bonchev–Trinajstić information content (AvgIpc) is 2.72. The Morgan fingerprint density at radius 2 is 2.25 bits per heavy atom. The summed E-state index contributed by atoms with van der Waals surface area (Å²) in [5.74, 6) is 0.226. The van der Waals surface area contributed by atoms with Crippen molar-refractivity contribution in [2.24, 2.45) is 5.92 Å². The number of esters is 1. The summed E-state index contributed by atoms with van der Waals surface area (Å²) in [4.78, 5) is 23.3. The van der Waals surface area contributed by atoms with Crippen molar-refractivity contribution in [3.63, 3.8) is 0 Å². The highest BCUT2D eigenvalue weighted by atomic mass is 16.5. The van der Waals surface area contributed by atoms with E-state index in [0.29, 0.717) is 11.5 Å². The van der Waals surface area contributed by atoms with Gasteiger partial charge in [-0.2, -0.15) is 0 Å². The van der Waals surface area contributed by atoms with Gasteiger partial charge in [-0.25, -0.2) is 15.0 Å². The van der Waals surface area contributed by atoms with Crippen LogP contribution in [0.5, 0.6) is 0 Å². The minimum absolute atomic E-state index is 0.129. The fourth-order valence-electron chi connectivity index (χ4n) is 1.15. The third-order valence-corrected chi connectivity index (χ3v) is 2.05. The zero-order valence-corrected chi connectivity index (χ0v) is 9.12. The summed E-state index contributed by atoms with van der Waals surface area (Å²) in [7, 11) is 0. The number of nitrogens with zero attached hydrogens (tertiary/aromatic N) is 4. The molecule has 0 bridgehead atoms. The molecule has 2 heterocycles. The Bertz CT molecular complexity index is 466. The maximum atomic E-state index is 11.2. The average molecular weight is 220 g/mol. The third kappa shape index (κ3) is 2.16. The lowest BCUT2D eigenvalue weighted by molar-refractivity contribution is -0.151. The van der Waals surface area contributed by atoms with E-state index in [1.165, 1.54) is 6.33 Å². The number of hydrogen-bond acceptors (Lipinski definition) is 5. The highest BCUT2D eigenvalue weighted by Crippen LogP contribution is 2.11. The SMILES string of the molecule is CC(C)C(=O)OCn1cnc2ncnc-2c1. The molecule has 0 aromatic heterocycles. The predicted octanol–water partition coefficient (Wildman–Crippen LogP) is 0.935. The van der Waals surface area contributed by atoms with Crippen molar-refractivity contribution in [1.82, 2.24) is 19.5 Å².